The van der Waals surface area contributed by atoms with E-state index in [1.807, 2.05) is 24.3 Å². The van der Waals surface area contributed by atoms with Crippen molar-refractivity contribution in [2.24, 2.45) is 10.8 Å². The number of Topliss-reactive ketones (excluding diaryl/α,β-unsaturated/α-hetero) is 2. The van der Waals surface area contributed by atoms with Crippen LogP contribution in [-0.4, -0.2) is 11.6 Å². The van der Waals surface area contributed by atoms with Crippen molar-refractivity contribution in [3.05, 3.63) is 81.2 Å². The predicted octanol–water partition coefficient (Wildman–Crippen LogP) is 4.05. The fraction of sp³-hybridized carbons (Fsp3) is 0.222. The lowest BCUT2D eigenvalue weighted by molar-refractivity contribution is 0.100. The largest absolute Gasteiger partial charge is 0.326 e. The Morgan fingerprint density at radius 1 is 1.00 bits per heavy atom. The molecule has 0 aliphatic rings. The molecule has 2 aromatic carbocycles. The molecule has 0 aliphatic heterocycles. The molecule has 6 nitrogen and oxygen atoms in total. The van der Waals surface area contributed by atoms with Crippen LogP contribution in [0, 0.1) is 0 Å². The molecule has 0 radical (unpaired) electrons. The molecule has 0 bridgehead atoms. The first-order valence-corrected chi connectivity index (χ1v) is 7.38. The highest BCUT2D eigenvalue weighted by molar-refractivity contribution is 5.94. The number of nitrogens with two attached hydrogens (primary N) is 1. The maximum atomic E-state index is 11.0. The molecule has 0 amide bonds. The molecular formula is C18H20N4O2. The van der Waals surface area contributed by atoms with Gasteiger partial charge in [-0.3, -0.25) is 9.59 Å². The number of benzene rings is 2. The minimum absolute atomic E-state index is 0.0165. The summed E-state index contributed by atoms with van der Waals surface area (Å²) >= 11 is 0. The maximum absolute atomic E-state index is 11.0. The van der Waals surface area contributed by atoms with E-state index in [1.54, 1.807) is 31.2 Å². The number of azide groups is 1. The van der Waals surface area contributed by atoms with Crippen LogP contribution >= 0.6 is 0 Å². The monoisotopic (exact) mass is 324 g/mol. The zero-order valence-corrected chi connectivity index (χ0v) is 13.8. The summed E-state index contributed by atoms with van der Waals surface area (Å²) in [4.78, 5) is 24.5. The number of carbonyl (C=O) groups is 2. The number of carbonyl (C=O) groups excluding carboxylic acids is 2. The van der Waals surface area contributed by atoms with Gasteiger partial charge in [-0.1, -0.05) is 41.5 Å². The summed E-state index contributed by atoms with van der Waals surface area (Å²) in [5.41, 5.74) is 16.7. The van der Waals surface area contributed by atoms with Crippen LogP contribution in [0.15, 0.2) is 53.6 Å². The van der Waals surface area contributed by atoms with E-state index in [2.05, 4.69) is 10.0 Å². The Morgan fingerprint density at radius 3 is 1.96 bits per heavy atom. The predicted molar refractivity (Wildman–Crippen MR) is 93.6 cm³/mol. The van der Waals surface area contributed by atoms with Gasteiger partial charge < -0.3 is 5.73 Å². The number of rotatable bonds is 5. The molecule has 0 aromatic heterocycles. The van der Waals surface area contributed by atoms with Crippen molar-refractivity contribution in [1.82, 2.24) is 0 Å². The Hall–Kier alpha value is -2.95. The third-order valence-electron chi connectivity index (χ3n) is 3.22. The highest BCUT2D eigenvalue weighted by Gasteiger charge is 1.99. The molecule has 24 heavy (non-hydrogen) atoms. The minimum atomic E-state index is 0.0165. The zero-order chi connectivity index (χ0) is 17.9. The van der Waals surface area contributed by atoms with Gasteiger partial charge in [0.2, 0.25) is 0 Å². The zero-order valence-electron chi connectivity index (χ0n) is 13.8. The molecule has 6 heteroatoms. The summed E-state index contributed by atoms with van der Waals surface area (Å²) in [6.45, 7) is 3.83. The summed E-state index contributed by atoms with van der Waals surface area (Å²) in [5.74, 6) is 0.100. The van der Waals surface area contributed by atoms with Crippen molar-refractivity contribution in [2.75, 3.05) is 0 Å². The summed E-state index contributed by atoms with van der Waals surface area (Å²) in [7, 11) is 0. The Labute approximate surface area is 140 Å². The van der Waals surface area contributed by atoms with Gasteiger partial charge in [0, 0.05) is 22.6 Å². The molecule has 2 rings (SSSR count). The first kappa shape index (κ1) is 19.1. The van der Waals surface area contributed by atoms with Crippen LogP contribution in [0.3, 0.4) is 0 Å². The van der Waals surface area contributed by atoms with Crippen LogP contribution in [0.5, 0.6) is 0 Å². The molecule has 0 aliphatic carbocycles. The third kappa shape index (κ3) is 6.44. The second-order valence-corrected chi connectivity index (χ2v) is 5.11. The summed E-state index contributed by atoms with van der Waals surface area (Å²) in [6.07, 6.45) is 0. The molecule has 0 atom stereocenters. The normalized spacial score (nSPS) is 9.29. The Morgan fingerprint density at radius 2 is 1.50 bits per heavy atom. The average molecular weight is 324 g/mol. The Balaban J connectivity index is 0.000000243. The Bertz CT molecular complexity index is 765. The maximum Gasteiger partial charge on any atom is 0.159 e. The van der Waals surface area contributed by atoms with Gasteiger partial charge in [0.1, 0.15) is 0 Å². The van der Waals surface area contributed by atoms with E-state index < -0.39 is 0 Å². The summed E-state index contributed by atoms with van der Waals surface area (Å²) in [6, 6.07) is 14.4. The smallest absolute Gasteiger partial charge is 0.159 e. The van der Waals surface area contributed by atoms with E-state index in [0.29, 0.717) is 12.1 Å². The summed E-state index contributed by atoms with van der Waals surface area (Å²) < 4.78 is 0. The van der Waals surface area contributed by atoms with Gasteiger partial charge in [0.25, 0.3) is 0 Å². The first-order chi connectivity index (χ1) is 11.5. The van der Waals surface area contributed by atoms with Crippen LogP contribution in [-0.2, 0) is 13.1 Å². The molecule has 2 N–H and O–H groups in total. The second-order valence-electron chi connectivity index (χ2n) is 5.11. The Kier molecular flexibility index (Phi) is 7.91. The molecule has 0 fully saturated rings. The van der Waals surface area contributed by atoms with Crippen molar-refractivity contribution in [3.8, 4) is 0 Å². The quantitative estimate of drug-likeness (QED) is 0.388. The fourth-order valence-electron chi connectivity index (χ4n) is 1.92. The van der Waals surface area contributed by atoms with Crippen molar-refractivity contribution in [2.45, 2.75) is 26.9 Å². The molecule has 124 valence electrons. The average Bonchev–Trinajstić information content (AvgIpc) is 2.60. The molecule has 0 unspecified atom stereocenters. The minimum Gasteiger partial charge on any atom is -0.326 e. The van der Waals surface area contributed by atoms with Gasteiger partial charge in [-0.15, -0.1) is 0 Å². The SMILES string of the molecule is CC(=O)c1cccc(CN)c1.CC(=O)c1cccc(CN=[N+]=[N-])c1. The van der Waals surface area contributed by atoms with Crippen LogP contribution in [0.25, 0.3) is 10.4 Å². The lowest BCUT2D eigenvalue weighted by Crippen LogP contribution is -1.98. The number of hydrogen-bond donors (Lipinski definition) is 1. The lowest BCUT2D eigenvalue weighted by Gasteiger charge is -1.98. The van der Waals surface area contributed by atoms with Crippen molar-refractivity contribution in [1.29, 1.82) is 0 Å². The van der Waals surface area contributed by atoms with Crippen molar-refractivity contribution in [3.63, 3.8) is 0 Å². The van der Waals surface area contributed by atoms with Gasteiger partial charge in [-0.2, -0.15) is 0 Å². The third-order valence-corrected chi connectivity index (χ3v) is 3.22. The van der Waals surface area contributed by atoms with E-state index in [9.17, 15) is 9.59 Å². The van der Waals surface area contributed by atoms with Gasteiger partial charge in [0.15, 0.2) is 11.6 Å². The molecule has 0 saturated heterocycles. The number of ketones is 2. The fourth-order valence-corrected chi connectivity index (χ4v) is 1.92. The van der Waals surface area contributed by atoms with Gasteiger partial charge >= 0.3 is 0 Å². The number of nitrogens with zero attached hydrogens (tertiary/aromatic N) is 3. The molecule has 2 aromatic rings. The van der Waals surface area contributed by atoms with E-state index in [4.69, 9.17) is 11.3 Å². The van der Waals surface area contributed by atoms with E-state index >= 15 is 0 Å². The van der Waals surface area contributed by atoms with Crippen LogP contribution < -0.4 is 5.73 Å². The van der Waals surface area contributed by atoms with Gasteiger partial charge in [0.05, 0.1) is 6.54 Å². The highest BCUT2D eigenvalue weighted by Crippen LogP contribution is 2.07. The van der Waals surface area contributed by atoms with E-state index in [-0.39, 0.29) is 18.1 Å². The molecule has 0 spiro atoms. The van der Waals surface area contributed by atoms with Crippen LogP contribution in [0.1, 0.15) is 45.7 Å². The summed E-state index contributed by atoms with van der Waals surface area (Å²) in [5, 5.41) is 3.41. The standard InChI is InChI=1S/C9H9N3O.C9H11NO/c1-7(13)9-4-2-3-8(5-9)6-11-12-10;1-7(11)9-4-2-3-8(5-9)6-10/h2-5H,6H2,1H3;2-5H,6,10H2,1H3. The first-order valence-electron chi connectivity index (χ1n) is 7.38. The topological polar surface area (TPSA) is 109 Å². The van der Waals surface area contributed by atoms with Gasteiger partial charge in [-0.25, -0.2) is 0 Å². The van der Waals surface area contributed by atoms with E-state index in [0.717, 1.165) is 16.7 Å². The van der Waals surface area contributed by atoms with Crippen molar-refractivity contribution >= 4 is 11.6 Å². The second kappa shape index (κ2) is 9.94. The van der Waals surface area contributed by atoms with Crippen LogP contribution in [0.4, 0.5) is 0 Å². The van der Waals surface area contributed by atoms with E-state index in [1.165, 1.54) is 6.92 Å². The van der Waals surface area contributed by atoms with Crippen LogP contribution in [0.2, 0.25) is 0 Å². The highest BCUT2D eigenvalue weighted by atomic mass is 16.1. The molecular weight excluding hydrogens is 304 g/mol. The molecule has 0 heterocycles. The van der Waals surface area contributed by atoms with Gasteiger partial charge in [-0.05, 0) is 42.6 Å². The number of hydrogen-bond acceptors (Lipinski definition) is 4. The lowest BCUT2D eigenvalue weighted by atomic mass is 10.1. The van der Waals surface area contributed by atoms with Crippen molar-refractivity contribution < 1.29 is 9.59 Å². The molecule has 0 saturated carbocycles.